The summed E-state index contributed by atoms with van der Waals surface area (Å²) in [6.45, 7) is 4.00. The summed E-state index contributed by atoms with van der Waals surface area (Å²) in [4.78, 5) is 0.218. The smallest absolute Gasteiger partial charge is 0.175 e. The quantitative estimate of drug-likeness (QED) is 0.755. The number of hydrogen-bond acceptors (Lipinski definition) is 3. The van der Waals surface area contributed by atoms with Gasteiger partial charge in [0.05, 0.1) is 4.90 Å². The van der Waals surface area contributed by atoms with Crippen molar-refractivity contribution >= 4 is 9.84 Å². The zero-order chi connectivity index (χ0) is 10.5. The molecule has 0 spiro atoms. The maximum atomic E-state index is 10.9. The first-order valence-corrected chi connectivity index (χ1v) is 5.88. The molecule has 0 aliphatic heterocycles. The molecule has 0 aliphatic carbocycles. The number of rotatable bonds is 1. The first kappa shape index (κ1) is 12.0. The van der Waals surface area contributed by atoms with Crippen molar-refractivity contribution in [3.05, 3.63) is 24.3 Å². The summed E-state index contributed by atoms with van der Waals surface area (Å²) in [5.74, 6) is 0.0670. The molecule has 1 N–H and O–H groups in total. The van der Waals surface area contributed by atoms with Crippen molar-refractivity contribution in [2.45, 2.75) is 18.7 Å². The van der Waals surface area contributed by atoms with Crippen molar-refractivity contribution in [2.75, 3.05) is 6.26 Å². The van der Waals surface area contributed by atoms with Gasteiger partial charge in [-0.3, -0.25) is 0 Å². The number of phenols is 1. The largest absolute Gasteiger partial charge is 0.508 e. The summed E-state index contributed by atoms with van der Waals surface area (Å²) in [7, 11) is -3.13. The maximum Gasteiger partial charge on any atom is 0.175 e. The van der Waals surface area contributed by atoms with Gasteiger partial charge in [0.1, 0.15) is 5.75 Å². The summed E-state index contributed by atoms with van der Waals surface area (Å²) in [6, 6.07) is 5.42. The van der Waals surface area contributed by atoms with Crippen LogP contribution in [0.15, 0.2) is 29.2 Å². The molecule has 0 unspecified atom stereocenters. The average molecular weight is 202 g/mol. The van der Waals surface area contributed by atoms with Crippen LogP contribution < -0.4 is 0 Å². The molecule has 0 atom stereocenters. The summed E-state index contributed by atoms with van der Waals surface area (Å²) < 4.78 is 21.7. The zero-order valence-corrected chi connectivity index (χ0v) is 8.80. The van der Waals surface area contributed by atoms with E-state index < -0.39 is 9.84 Å². The lowest BCUT2D eigenvalue weighted by atomic mass is 10.3. The van der Waals surface area contributed by atoms with E-state index >= 15 is 0 Å². The van der Waals surface area contributed by atoms with E-state index in [-0.39, 0.29) is 10.6 Å². The normalized spacial score (nSPS) is 10.1. The highest BCUT2D eigenvalue weighted by molar-refractivity contribution is 7.90. The van der Waals surface area contributed by atoms with Crippen molar-refractivity contribution < 1.29 is 13.5 Å². The third-order valence-electron chi connectivity index (χ3n) is 1.26. The van der Waals surface area contributed by atoms with E-state index in [9.17, 15) is 8.42 Å². The lowest BCUT2D eigenvalue weighted by Crippen LogP contribution is -1.95. The highest BCUT2D eigenvalue weighted by Gasteiger charge is 2.04. The Morgan fingerprint density at radius 1 is 1.08 bits per heavy atom. The Bertz CT molecular complexity index is 338. The van der Waals surface area contributed by atoms with Gasteiger partial charge in [0.2, 0.25) is 0 Å². The minimum atomic E-state index is -3.13. The molecule has 0 saturated heterocycles. The fourth-order valence-electron chi connectivity index (χ4n) is 0.693. The van der Waals surface area contributed by atoms with E-state index in [0.29, 0.717) is 0 Å². The van der Waals surface area contributed by atoms with Crippen molar-refractivity contribution in [3.63, 3.8) is 0 Å². The Balaban J connectivity index is 0.000000671. The average Bonchev–Trinajstić information content (AvgIpc) is 2.07. The van der Waals surface area contributed by atoms with E-state index in [2.05, 4.69) is 0 Å². The van der Waals surface area contributed by atoms with Gasteiger partial charge >= 0.3 is 0 Å². The lowest BCUT2D eigenvalue weighted by molar-refractivity contribution is 0.475. The molecule has 0 amide bonds. The van der Waals surface area contributed by atoms with E-state index in [1.54, 1.807) is 0 Å². The Hall–Kier alpha value is -1.03. The van der Waals surface area contributed by atoms with E-state index in [4.69, 9.17) is 5.11 Å². The second-order valence-corrected chi connectivity index (χ2v) is 4.28. The van der Waals surface area contributed by atoms with Crippen LogP contribution in [0.2, 0.25) is 0 Å². The van der Waals surface area contributed by atoms with Crippen molar-refractivity contribution in [3.8, 4) is 5.75 Å². The van der Waals surface area contributed by atoms with Gasteiger partial charge in [-0.25, -0.2) is 8.42 Å². The summed E-state index contributed by atoms with van der Waals surface area (Å²) in [5.41, 5.74) is 0. The molecule has 0 aromatic heterocycles. The number of benzene rings is 1. The van der Waals surface area contributed by atoms with Gasteiger partial charge in [-0.05, 0) is 24.3 Å². The van der Waals surface area contributed by atoms with Crippen LogP contribution >= 0.6 is 0 Å². The molecule has 0 saturated carbocycles. The predicted octanol–water partition coefficient (Wildman–Crippen LogP) is 1.82. The molecule has 0 heterocycles. The van der Waals surface area contributed by atoms with Crippen LogP contribution in [0, 0.1) is 0 Å². The zero-order valence-electron chi connectivity index (χ0n) is 7.98. The second kappa shape index (κ2) is 4.87. The Morgan fingerprint density at radius 3 is 1.77 bits per heavy atom. The highest BCUT2D eigenvalue weighted by atomic mass is 32.2. The molecule has 0 radical (unpaired) electrons. The summed E-state index contributed by atoms with van der Waals surface area (Å²) >= 11 is 0. The van der Waals surface area contributed by atoms with Crippen molar-refractivity contribution in [2.24, 2.45) is 0 Å². The first-order chi connectivity index (χ1) is 6.00. The fourth-order valence-corrected chi connectivity index (χ4v) is 1.32. The predicted molar refractivity (Wildman–Crippen MR) is 52.6 cm³/mol. The van der Waals surface area contributed by atoms with Gasteiger partial charge < -0.3 is 5.11 Å². The molecule has 0 bridgehead atoms. The molecule has 74 valence electrons. The number of aromatic hydroxyl groups is 1. The minimum Gasteiger partial charge on any atom is -0.508 e. The van der Waals surface area contributed by atoms with Gasteiger partial charge in [-0.1, -0.05) is 13.8 Å². The molecular weight excluding hydrogens is 188 g/mol. The molecule has 0 aliphatic rings. The van der Waals surface area contributed by atoms with Gasteiger partial charge in [-0.2, -0.15) is 0 Å². The molecule has 13 heavy (non-hydrogen) atoms. The third kappa shape index (κ3) is 3.94. The van der Waals surface area contributed by atoms with Gasteiger partial charge in [-0.15, -0.1) is 0 Å². The van der Waals surface area contributed by atoms with Gasteiger partial charge in [0.25, 0.3) is 0 Å². The van der Waals surface area contributed by atoms with E-state index in [1.807, 2.05) is 13.8 Å². The van der Waals surface area contributed by atoms with Crippen LogP contribution in [-0.2, 0) is 9.84 Å². The van der Waals surface area contributed by atoms with Crippen LogP contribution in [0.25, 0.3) is 0 Å². The molecule has 4 heteroatoms. The van der Waals surface area contributed by atoms with Crippen LogP contribution in [0.1, 0.15) is 13.8 Å². The lowest BCUT2D eigenvalue weighted by Gasteiger charge is -1.96. The number of hydrogen-bond donors (Lipinski definition) is 1. The van der Waals surface area contributed by atoms with Gasteiger partial charge in [0, 0.05) is 6.26 Å². The minimum absolute atomic E-state index is 0.0670. The van der Waals surface area contributed by atoms with Crippen LogP contribution in [0.4, 0.5) is 0 Å². The molecule has 3 nitrogen and oxygen atoms in total. The Morgan fingerprint density at radius 2 is 1.46 bits per heavy atom. The van der Waals surface area contributed by atoms with Crippen LogP contribution in [0.5, 0.6) is 5.75 Å². The molecule has 0 fully saturated rings. The Labute approximate surface area is 79.0 Å². The van der Waals surface area contributed by atoms with Crippen molar-refractivity contribution in [1.29, 1.82) is 0 Å². The Kier molecular flexibility index (Phi) is 4.48. The molecule has 1 rings (SSSR count). The first-order valence-electron chi connectivity index (χ1n) is 3.99. The topological polar surface area (TPSA) is 54.4 Å². The summed E-state index contributed by atoms with van der Waals surface area (Å²) in [6.07, 6.45) is 1.12. The highest BCUT2D eigenvalue weighted by Crippen LogP contribution is 2.13. The number of phenolic OH excluding ortho intramolecular Hbond substituents is 1. The van der Waals surface area contributed by atoms with E-state index in [1.165, 1.54) is 24.3 Å². The van der Waals surface area contributed by atoms with Crippen LogP contribution in [0.3, 0.4) is 0 Å². The van der Waals surface area contributed by atoms with Gasteiger partial charge in [0.15, 0.2) is 9.84 Å². The molecule has 1 aromatic rings. The summed E-state index contributed by atoms with van der Waals surface area (Å²) in [5, 5.41) is 8.83. The van der Waals surface area contributed by atoms with Crippen molar-refractivity contribution in [1.82, 2.24) is 0 Å². The standard InChI is InChI=1S/C7H8O3S.C2H6/c1-11(9,10)7-4-2-6(8)3-5-7;1-2/h2-5,8H,1H3;1-2H3. The monoisotopic (exact) mass is 202 g/mol. The molecular formula is C9H14O3S. The fraction of sp³-hybridized carbons (Fsp3) is 0.333. The number of sulfone groups is 1. The van der Waals surface area contributed by atoms with E-state index in [0.717, 1.165) is 6.26 Å². The third-order valence-corrected chi connectivity index (χ3v) is 2.39. The molecule has 1 aromatic carbocycles. The second-order valence-electron chi connectivity index (χ2n) is 2.27. The maximum absolute atomic E-state index is 10.9. The SMILES string of the molecule is CC.CS(=O)(=O)c1ccc(O)cc1. The van der Waals surface area contributed by atoms with Crippen LogP contribution in [-0.4, -0.2) is 19.8 Å².